The topological polar surface area (TPSA) is 131 Å². The summed E-state index contributed by atoms with van der Waals surface area (Å²) >= 11 is 0. The zero-order valence-electron chi connectivity index (χ0n) is 10.3. The van der Waals surface area contributed by atoms with Crippen LogP contribution in [-0.2, 0) is 20.0 Å². The van der Waals surface area contributed by atoms with Crippen LogP contribution in [-0.4, -0.2) is 41.2 Å². The molecule has 0 saturated carbocycles. The van der Waals surface area contributed by atoms with Crippen molar-refractivity contribution >= 4 is 25.7 Å². The molecule has 1 heterocycles. The number of nitrogens with zero attached hydrogens (tertiary/aromatic N) is 1. The molecule has 0 unspecified atom stereocenters. The van der Waals surface area contributed by atoms with Crippen molar-refractivity contribution in [3.8, 4) is 0 Å². The minimum Gasteiger partial charge on any atom is -0.396 e. The van der Waals surface area contributed by atoms with Crippen LogP contribution in [0.4, 0.5) is 5.69 Å². The molecule has 0 aromatic carbocycles. The fourth-order valence-electron chi connectivity index (χ4n) is 1.25. The summed E-state index contributed by atoms with van der Waals surface area (Å²) in [6.45, 7) is 0.236. The highest BCUT2D eigenvalue weighted by atomic mass is 32.2. The number of rotatable bonds is 7. The molecule has 0 atom stereocenters. The molecule has 0 fully saturated rings. The fraction of sp³-hybridized carbons (Fsp3) is 0.444. The smallest absolute Gasteiger partial charge is 0.260 e. The second kappa shape index (κ2) is 6.28. The van der Waals surface area contributed by atoms with Gasteiger partial charge in [0.2, 0.25) is 10.0 Å². The molecular formula is C9H16N4O4S2. The highest BCUT2D eigenvalue weighted by Crippen LogP contribution is 2.13. The molecule has 108 valence electrons. The van der Waals surface area contributed by atoms with Gasteiger partial charge in [0.25, 0.3) is 10.0 Å². The highest BCUT2D eigenvalue weighted by Gasteiger charge is 2.17. The van der Waals surface area contributed by atoms with Gasteiger partial charge in [-0.2, -0.15) is 0 Å². The Kier molecular flexibility index (Phi) is 5.23. The van der Waals surface area contributed by atoms with E-state index in [9.17, 15) is 16.8 Å². The maximum Gasteiger partial charge on any atom is 0.260 e. The monoisotopic (exact) mass is 308 g/mol. The number of hydrogen-bond acceptors (Lipinski definition) is 6. The number of anilines is 1. The first kappa shape index (κ1) is 15.8. The van der Waals surface area contributed by atoms with Gasteiger partial charge in [0.1, 0.15) is 0 Å². The average Bonchev–Trinajstić information content (AvgIpc) is 2.27. The largest absolute Gasteiger partial charge is 0.396 e. The van der Waals surface area contributed by atoms with Crippen molar-refractivity contribution in [1.82, 2.24) is 14.4 Å². The van der Waals surface area contributed by atoms with Crippen LogP contribution < -0.4 is 15.2 Å². The van der Waals surface area contributed by atoms with E-state index in [4.69, 9.17) is 5.73 Å². The van der Waals surface area contributed by atoms with Gasteiger partial charge < -0.3 is 5.73 Å². The molecule has 1 aromatic rings. The molecule has 0 radical (unpaired) electrons. The van der Waals surface area contributed by atoms with Crippen LogP contribution in [0.15, 0.2) is 23.4 Å². The van der Waals surface area contributed by atoms with Crippen LogP contribution in [0.3, 0.4) is 0 Å². The molecule has 0 spiro atoms. The molecule has 0 amide bonds. The average molecular weight is 308 g/mol. The van der Waals surface area contributed by atoms with E-state index in [1.165, 1.54) is 18.3 Å². The van der Waals surface area contributed by atoms with E-state index in [0.29, 0.717) is 6.42 Å². The first-order valence-electron chi connectivity index (χ1n) is 5.37. The van der Waals surface area contributed by atoms with Crippen LogP contribution >= 0.6 is 0 Å². The normalized spacial score (nSPS) is 12.5. The summed E-state index contributed by atoms with van der Waals surface area (Å²) in [6, 6.07) is 2.97. The van der Waals surface area contributed by atoms with Gasteiger partial charge in [-0.15, -0.1) is 0 Å². The molecular weight excluding hydrogens is 292 g/mol. The Balaban J connectivity index is 2.51. The van der Waals surface area contributed by atoms with E-state index in [2.05, 4.69) is 14.4 Å². The number of nitrogen functional groups attached to an aromatic ring is 1. The summed E-state index contributed by atoms with van der Waals surface area (Å²) in [5.41, 5.74) is 5.58. The summed E-state index contributed by atoms with van der Waals surface area (Å²) in [4.78, 5) is 3.70. The third-order valence-electron chi connectivity index (χ3n) is 2.07. The summed E-state index contributed by atoms with van der Waals surface area (Å²) in [7, 11) is -7.03. The van der Waals surface area contributed by atoms with Gasteiger partial charge in [0.05, 0.1) is 11.9 Å². The number of nitrogens with two attached hydrogens (primary N) is 1. The zero-order chi connectivity index (χ0) is 14.5. The van der Waals surface area contributed by atoms with Crippen LogP contribution in [0.1, 0.15) is 6.42 Å². The number of nitrogens with one attached hydrogen (secondary N) is 2. The molecule has 0 aliphatic rings. The Bertz CT molecular complexity index is 627. The lowest BCUT2D eigenvalue weighted by Crippen LogP contribution is -2.30. The van der Waals surface area contributed by atoms with Crippen molar-refractivity contribution in [3.05, 3.63) is 18.3 Å². The SMILES string of the molecule is CS(=O)(=O)NCCCNS(=O)(=O)c1ncccc1N. The van der Waals surface area contributed by atoms with Crippen LogP contribution in [0.5, 0.6) is 0 Å². The van der Waals surface area contributed by atoms with E-state index in [0.717, 1.165) is 6.26 Å². The van der Waals surface area contributed by atoms with Crippen molar-refractivity contribution < 1.29 is 16.8 Å². The maximum absolute atomic E-state index is 11.8. The van der Waals surface area contributed by atoms with Gasteiger partial charge in [-0.3, -0.25) is 0 Å². The second-order valence-corrected chi connectivity index (χ2v) is 7.33. The van der Waals surface area contributed by atoms with Gasteiger partial charge in [-0.25, -0.2) is 31.3 Å². The minimum atomic E-state index is -3.77. The van der Waals surface area contributed by atoms with Crippen LogP contribution in [0.25, 0.3) is 0 Å². The Labute approximate surface area is 112 Å². The Hall–Kier alpha value is -1.23. The molecule has 8 nitrogen and oxygen atoms in total. The van der Waals surface area contributed by atoms with Gasteiger partial charge in [-0.05, 0) is 18.6 Å². The second-order valence-electron chi connectivity index (χ2n) is 3.82. The molecule has 0 saturated heterocycles. The number of aromatic nitrogens is 1. The molecule has 0 bridgehead atoms. The third kappa shape index (κ3) is 5.51. The van der Waals surface area contributed by atoms with Crippen molar-refractivity contribution in [2.24, 2.45) is 0 Å². The molecule has 1 aromatic heterocycles. The predicted octanol–water partition coefficient (Wildman–Crippen LogP) is -1.12. The number of pyridine rings is 1. The molecule has 4 N–H and O–H groups in total. The molecule has 1 rings (SSSR count). The molecule has 0 aliphatic carbocycles. The minimum absolute atomic E-state index is 0.0595. The lowest BCUT2D eigenvalue weighted by molar-refractivity contribution is 0.572. The fourth-order valence-corrected chi connectivity index (χ4v) is 2.89. The van der Waals surface area contributed by atoms with E-state index >= 15 is 0 Å². The summed E-state index contributed by atoms with van der Waals surface area (Å²) in [5, 5.41) is -0.230. The van der Waals surface area contributed by atoms with E-state index in [1.54, 1.807) is 0 Å². The summed E-state index contributed by atoms with van der Waals surface area (Å²) in [6.07, 6.45) is 2.68. The quantitative estimate of drug-likeness (QED) is 0.547. The Morgan fingerprint density at radius 3 is 2.42 bits per heavy atom. The lowest BCUT2D eigenvalue weighted by atomic mass is 10.4. The van der Waals surface area contributed by atoms with Crippen molar-refractivity contribution in [2.75, 3.05) is 25.1 Å². The first-order chi connectivity index (χ1) is 8.72. The van der Waals surface area contributed by atoms with Gasteiger partial charge >= 0.3 is 0 Å². The molecule has 0 aliphatic heterocycles. The van der Waals surface area contributed by atoms with Gasteiger partial charge in [-0.1, -0.05) is 0 Å². The number of hydrogen-bond donors (Lipinski definition) is 3. The Morgan fingerprint density at radius 1 is 1.21 bits per heavy atom. The van der Waals surface area contributed by atoms with Crippen molar-refractivity contribution in [2.45, 2.75) is 11.4 Å². The third-order valence-corrected chi connectivity index (χ3v) is 4.23. The zero-order valence-corrected chi connectivity index (χ0v) is 12.0. The maximum atomic E-state index is 11.8. The summed E-state index contributed by atoms with van der Waals surface area (Å²) in [5.74, 6) is 0. The first-order valence-corrected chi connectivity index (χ1v) is 8.74. The summed E-state index contributed by atoms with van der Waals surface area (Å²) < 4.78 is 49.8. The number of sulfonamides is 2. The van der Waals surface area contributed by atoms with E-state index in [1.807, 2.05) is 0 Å². The van der Waals surface area contributed by atoms with E-state index in [-0.39, 0.29) is 23.8 Å². The van der Waals surface area contributed by atoms with Crippen molar-refractivity contribution in [3.63, 3.8) is 0 Å². The molecule has 19 heavy (non-hydrogen) atoms. The highest BCUT2D eigenvalue weighted by molar-refractivity contribution is 7.89. The van der Waals surface area contributed by atoms with Gasteiger partial charge in [0.15, 0.2) is 5.03 Å². The predicted molar refractivity (Wildman–Crippen MR) is 71.3 cm³/mol. The lowest BCUT2D eigenvalue weighted by Gasteiger charge is -2.07. The Morgan fingerprint density at radius 2 is 1.84 bits per heavy atom. The molecule has 10 heteroatoms. The standard InChI is InChI=1S/C9H16N4O4S2/c1-18(14,15)12-6-3-7-13-19(16,17)9-8(10)4-2-5-11-9/h2,4-5,12-13H,3,6-7,10H2,1H3. The van der Waals surface area contributed by atoms with Gasteiger partial charge in [0, 0.05) is 19.3 Å². The van der Waals surface area contributed by atoms with Crippen LogP contribution in [0.2, 0.25) is 0 Å². The van der Waals surface area contributed by atoms with Crippen LogP contribution in [0, 0.1) is 0 Å². The van der Waals surface area contributed by atoms with Crippen molar-refractivity contribution in [1.29, 1.82) is 0 Å². The van der Waals surface area contributed by atoms with E-state index < -0.39 is 20.0 Å².